The van der Waals surface area contributed by atoms with Gasteiger partial charge in [-0.1, -0.05) is 38.1 Å². The second kappa shape index (κ2) is 10.6. The highest BCUT2D eigenvalue weighted by molar-refractivity contribution is 6.02. The molecule has 0 aromatic heterocycles. The van der Waals surface area contributed by atoms with Gasteiger partial charge in [-0.15, -0.1) is 0 Å². The minimum absolute atomic E-state index is 0.108. The number of nitrogens with one attached hydrogen (secondary N) is 4. The van der Waals surface area contributed by atoms with E-state index in [1.54, 1.807) is 48.5 Å². The molecule has 4 N–H and O–H groups in total. The van der Waals surface area contributed by atoms with Crippen LogP contribution in [-0.4, -0.2) is 31.2 Å². The van der Waals surface area contributed by atoms with Gasteiger partial charge in [-0.2, -0.15) is 0 Å². The van der Waals surface area contributed by atoms with Gasteiger partial charge in [0.1, 0.15) is 0 Å². The fourth-order valence-electron chi connectivity index (χ4n) is 2.14. The van der Waals surface area contributed by atoms with Crippen molar-refractivity contribution in [2.75, 3.05) is 29.1 Å². The summed E-state index contributed by atoms with van der Waals surface area (Å²) in [6, 6.07) is 15.0. The van der Waals surface area contributed by atoms with Crippen LogP contribution in [0.2, 0.25) is 0 Å². The van der Waals surface area contributed by atoms with E-state index in [0.29, 0.717) is 23.7 Å². The molecule has 148 valence electrons. The molecule has 4 amide bonds. The van der Waals surface area contributed by atoms with Crippen molar-refractivity contribution >= 4 is 35.1 Å². The summed E-state index contributed by atoms with van der Waals surface area (Å²) in [6.45, 7) is 4.12. The van der Waals surface area contributed by atoms with Crippen LogP contribution in [-0.2, 0) is 9.53 Å². The lowest BCUT2D eigenvalue weighted by molar-refractivity contribution is -0.118. The van der Waals surface area contributed by atoms with Gasteiger partial charge in [0.05, 0.1) is 13.2 Å². The number of urea groups is 1. The van der Waals surface area contributed by atoms with Gasteiger partial charge in [0.15, 0.2) is 0 Å². The first-order valence-corrected chi connectivity index (χ1v) is 8.86. The van der Waals surface area contributed by atoms with E-state index in [-0.39, 0.29) is 12.5 Å². The Bertz CT molecular complexity index is 809. The van der Waals surface area contributed by atoms with Crippen molar-refractivity contribution in [2.45, 2.75) is 13.8 Å². The number of carbonyl (C=O) groups is 3. The highest BCUT2D eigenvalue weighted by atomic mass is 16.5. The molecule has 0 aliphatic heterocycles. The summed E-state index contributed by atoms with van der Waals surface area (Å²) in [7, 11) is 0. The van der Waals surface area contributed by atoms with Gasteiger partial charge in [0.2, 0.25) is 5.91 Å². The third-order valence-electron chi connectivity index (χ3n) is 3.39. The van der Waals surface area contributed by atoms with Crippen LogP contribution in [0, 0.1) is 5.92 Å². The third-order valence-corrected chi connectivity index (χ3v) is 3.39. The Morgan fingerprint density at radius 2 is 1.57 bits per heavy atom. The van der Waals surface area contributed by atoms with Crippen molar-refractivity contribution in [1.29, 1.82) is 0 Å². The maximum Gasteiger partial charge on any atom is 0.411 e. The van der Waals surface area contributed by atoms with E-state index in [1.807, 2.05) is 19.9 Å². The molecule has 28 heavy (non-hydrogen) atoms. The SMILES string of the molecule is CC(C)COC(=O)Nc1cccc(NCC(=O)NC(=O)Nc2ccccc2)c1. The number of anilines is 3. The maximum atomic E-state index is 11.9. The second-order valence-corrected chi connectivity index (χ2v) is 6.42. The first kappa shape index (κ1) is 20.8. The Kier molecular flexibility index (Phi) is 7.83. The van der Waals surface area contributed by atoms with Crippen LogP contribution in [0.25, 0.3) is 0 Å². The predicted octanol–water partition coefficient (Wildman–Crippen LogP) is 3.65. The van der Waals surface area contributed by atoms with Crippen LogP contribution in [0.3, 0.4) is 0 Å². The zero-order chi connectivity index (χ0) is 20.4. The van der Waals surface area contributed by atoms with E-state index >= 15 is 0 Å². The predicted molar refractivity (Wildman–Crippen MR) is 108 cm³/mol. The molecule has 0 bridgehead atoms. The number of rotatable bonds is 7. The number of ether oxygens (including phenoxy) is 1. The van der Waals surface area contributed by atoms with Crippen LogP contribution in [0.15, 0.2) is 54.6 Å². The smallest absolute Gasteiger partial charge is 0.411 e. The largest absolute Gasteiger partial charge is 0.449 e. The molecule has 0 saturated carbocycles. The van der Waals surface area contributed by atoms with E-state index in [2.05, 4.69) is 21.3 Å². The van der Waals surface area contributed by atoms with Gasteiger partial charge in [-0.3, -0.25) is 15.4 Å². The van der Waals surface area contributed by atoms with Crippen molar-refractivity contribution in [3.8, 4) is 0 Å². The first-order valence-electron chi connectivity index (χ1n) is 8.86. The number of imide groups is 1. The molecule has 0 unspecified atom stereocenters. The van der Waals surface area contributed by atoms with Gasteiger partial charge >= 0.3 is 12.1 Å². The summed E-state index contributed by atoms with van der Waals surface area (Å²) in [4.78, 5) is 35.4. The van der Waals surface area contributed by atoms with Crippen LogP contribution < -0.4 is 21.3 Å². The first-order chi connectivity index (χ1) is 13.4. The van der Waals surface area contributed by atoms with Crippen molar-refractivity contribution < 1.29 is 19.1 Å². The topological polar surface area (TPSA) is 109 Å². The molecule has 2 aromatic carbocycles. The summed E-state index contributed by atoms with van der Waals surface area (Å²) in [6.07, 6.45) is -0.541. The quantitative estimate of drug-likeness (QED) is 0.583. The lowest BCUT2D eigenvalue weighted by atomic mass is 10.2. The van der Waals surface area contributed by atoms with E-state index in [9.17, 15) is 14.4 Å². The molecular weight excluding hydrogens is 360 g/mol. The van der Waals surface area contributed by atoms with E-state index < -0.39 is 18.0 Å². The number of carbonyl (C=O) groups excluding carboxylic acids is 3. The standard InChI is InChI=1S/C20H24N4O4/c1-14(2)13-28-20(27)23-17-10-6-9-16(11-17)21-12-18(25)24-19(26)22-15-7-4-3-5-8-15/h3-11,14,21H,12-13H2,1-2H3,(H,23,27)(H2,22,24,25,26). The monoisotopic (exact) mass is 384 g/mol. The Balaban J connectivity index is 1.78. The van der Waals surface area contributed by atoms with Crippen molar-refractivity contribution in [2.24, 2.45) is 5.92 Å². The number of para-hydroxylation sites is 1. The Labute approximate surface area is 163 Å². The molecule has 0 fully saturated rings. The number of hydrogen-bond acceptors (Lipinski definition) is 5. The van der Waals surface area contributed by atoms with Crippen LogP contribution in [0.4, 0.5) is 26.7 Å². The van der Waals surface area contributed by atoms with Crippen LogP contribution in [0.5, 0.6) is 0 Å². The summed E-state index contributed by atoms with van der Waals surface area (Å²) in [5.41, 5.74) is 1.73. The van der Waals surface area contributed by atoms with E-state index in [0.717, 1.165) is 0 Å². The molecule has 2 aromatic rings. The van der Waals surface area contributed by atoms with Crippen LogP contribution in [0.1, 0.15) is 13.8 Å². The van der Waals surface area contributed by atoms with Gasteiger partial charge in [-0.25, -0.2) is 9.59 Å². The summed E-state index contributed by atoms with van der Waals surface area (Å²) in [5.74, 6) is -0.250. The van der Waals surface area contributed by atoms with Gasteiger partial charge in [0.25, 0.3) is 0 Å². The van der Waals surface area contributed by atoms with Crippen LogP contribution >= 0.6 is 0 Å². The molecule has 8 nitrogen and oxygen atoms in total. The second-order valence-electron chi connectivity index (χ2n) is 6.42. The Morgan fingerprint density at radius 1 is 0.893 bits per heavy atom. The third kappa shape index (κ3) is 7.77. The minimum Gasteiger partial charge on any atom is -0.449 e. The summed E-state index contributed by atoms with van der Waals surface area (Å²) < 4.78 is 5.06. The molecular formula is C20H24N4O4. The molecule has 0 saturated heterocycles. The molecule has 0 aliphatic rings. The zero-order valence-corrected chi connectivity index (χ0v) is 15.8. The lowest BCUT2D eigenvalue weighted by Gasteiger charge is -2.11. The maximum absolute atomic E-state index is 11.9. The fraction of sp³-hybridized carbons (Fsp3) is 0.250. The number of amides is 4. The average molecular weight is 384 g/mol. The van der Waals surface area contributed by atoms with E-state index in [4.69, 9.17) is 4.74 Å². The van der Waals surface area contributed by atoms with Gasteiger partial charge in [-0.05, 0) is 36.2 Å². The van der Waals surface area contributed by atoms with Crippen molar-refractivity contribution in [3.63, 3.8) is 0 Å². The average Bonchev–Trinajstić information content (AvgIpc) is 2.66. The zero-order valence-electron chi connectivity index (χ0n) is 15.8. The number of benzene rings is 2. The van der Waals surface area contributed by atoms with Crippen molar-refractivity contribution in [3.05, 3.63) is 54.6 Å². The molecule has 8 heteroatoms. The van der Waals surface area contributed by atoms with E-state index in [1.165, 1.54) is 0 Å². The molecule has 0 heterocycles. The molecule has 2 rings (SSSR count). The summed E-state index contributed by atoms with van der Waals surface area (Å²) >= 11 is 0. The Morgan fingerprint density at radius 3 is 2.29 bits per heavy atom. The normalized spacial score (nSPS) is 10.1. The van der Waals surface area contributed by atoms with Gasteiger partial charge < -0.3 is 15.4 Å². The lowest BCUT2D eigenvalue weighted by Crippen LogP contribution is -2.37. The molecule has 0 atom stereocenters. The summed E-state index contributed by atoms with van der Waals surface area (Å²) in [5, 5.41) is 10.3. The fourth-order valence-corrected chi connectivity index (χ4v) is 2.14. The number of hydrogen-bond donors (Lipinski definition) is 4. The minimum atomic E-state index is -0.610. The molecule has 0 spiro atoms. The molecule has 0 radical (unpaired) electrons. The molecule has 0 aliphatic carbocycles. The highest BCUT2D eigenvalue weighted by Gasteiger charge is 2.09. The van der Waals surface area contributed by atoms with Crippen molar-refractivity contribution in [1.82, 2.24) is 5.32 Å². The highest BCUT2D eigenvalue weighted by Crippen LogP contribution is 2.15. The Hall–Kier alpha value is -3.55. The van der Waals surface area contributed by atoms with Gasteiger partial charge in [0, 0.05) is 17.1 Å².